The highest BCUT2D eigenvalue weighted by atomic mass is 35.5. The maximum atomic E-state index is 10.9. The second-order valence-corrected chi connectivity index (χ2v) is 3.69. The molecule has 0 bridgehead atoms. The van der Waals surface area contributed by atoms with Gasteiger partial charge in [0.1, 0.15) is 5.03 Å². The van der Waals surface area contributed by atoms with Gasteiger partial charge in [-0.25, -0.2) is 0 Å². The number of amides is 1. The summed E-state index contributed by atoms with van der Waals surface area (Å²) >= 11 is 5.85. The lowest BCUT2D eigenvalue weighted by Crippen LogP contribution is -2.11. The number of benzene rings is 1. The Bertz CT molecular complexity index is 423. The Morgan fingerprint density at radius 1 is 1.29 bits per heavy atom. The Balaban J connectivity index is 2.54. The molecule has 1 aliphatic rings. The van der Waals surface area contributed by atoms with E-state index in [0.29, 0.717) is 0 Å². The molecule has 0 saturated heterocycles. The van der Waals surface area contributed by atoms with Crippen molar-refractivity contribution in [3.63, 3.8) is 0 Å². The van der Waals surface area contributed by atoms with Crippen molar-refractivity contribution in [1.82, 2.24) is 0 Å². The van der Waals surface area contributed by atoms with E-state index in [2.05, 4.69) is 0 Å². The zero-order chi connectivity index (χ0) is 10.1. The molecule has 14 heavy (non-hydrogen) atoms. The minimum atomic E-state index is -0.543. The number of hydrogen-bond donors (Lipinski definition) is 1. The van der Waals surface area contributed by atoms with Gasteiger partial charge in [0.25, 0.3) is 5.91 Å². The van der Waals surface area contributed by atoms with Crippen molar-refractivity contribution in [2.45, 2.75) is 12.8 Å². The number of carbonyl (C=O) groups is 1. The normalized spacial score (nSPS) is 17.8. The number of allylic oxidation sites excluding steroid dienone is 1. The second kappa shape index (κ2) is 3.46. The highest BCUT2D eigenvalue weighted by Crippen LogP contribution is 2.35. The summed E-state index contributed by atoms with van der Waals surface area (Å²) in [6.45, 7) is 0. The minimum Gasteiger partial charge on any atom is -0.365 e. The van der Waals surface area contributed by atoms with Crippen LogP contribution in [0.4, 0.5) is 0 Å². The Kier molecular flexibility index (Phi) is 2.30. The first kappa shape index (κ1) is 9.28. The van der Waals surface area contributed by atoms with Crippen molar-refractivity contribution in [3.05, 3.63) is 40.4 Å². The summed E-state index contributed by atoms with van der Waals surface area (Å²) in [6, 6.07) is 7.95. The van der Waals surface area contributed by atoms with E-state index in [1.54, 1.807) is 0 Å². The zero-order valence-corrected chi connectivity index (χ0v) is 8.34. The molecule has 0 aromatic heterocycles. The quantitative estimate of drug-likeness (QED) is 0.704. The lowest BCUT2D eigenvalue weighted by atomic mass is 10.1. The van der Waals surface area contributed by atoms with Crippen LogP contribution in [0.1, 0.15) is 17.5 Å². The van der Waals surface area contributed by atoms with Gasteiger partial charge in [0.2, 0.25) is 0 Å². The molecule has 0 fully saturated rings. The van der Waals surface area contributed by atoms with Gasteiger partial charge in [-0.3, -0.25) is 4.79 Å². The molecule has 0 heterocycles. The van der Waals surface area contributed by atoms with Crippen molar-refractivity contribution in [3.8, 4) is 0 Å². The fraction of sp³-hybridized carbons (Fsp3) is 0.182. The van der Waals surface area contributed by atoms with E-state index in [0.717, 1.165) is 24.0 Å². The number of fused-ring (bicyclic) bond motifs is 1. The highest BCUT2D eigenvalue weighted by Gasteiger charge is 2.20. The molecule has 2 rings (SSSR count). The zero-order valence-electron chi connectivity index (χ0n) is 7.59. The van der Waals surface area contributed by atoms with Gasteiger partial charge in [0, 0.05) is 0 Å². The van der Waals surface area contributed by atoms with E-state index < -0.39 is 5.91 Å². The van der Waals surface area contributed by atoms with Crippen LogP contribution in [-0.4, -0.2) is 5.91 Å². The summed E-state index contributed by atoms with van der Waals surface area (Å²) in [4.78, 5) is 10.9. The first-order valence-corrected chi connectivity index (χ1v) is 4.84. The third-order valence-corrected chi connectivity index (χ3v) is 2.88. The van der Waals surface area contributed by atoms with Gasteiger partial charge in [-0.1, -0.05) is 35.9 Å². The average molecular weight is 208 g/mol. The third-order valence-electron chi connectivity index (χ3n) is 2.47. The molecule has 1 aromatic carbocycles. The molecular formula is C11H10ClNO. The number of halogens is 1. The standard InChI is InChI=1S/C11H10ClNO/c12-10(11(13)14)9-6-5-7-3-1-2-4-8(7)9/h1-4H,5-6H2,(H2,13,14). The molecule has 2 N–H and O–H groups in total. The summed E-state index contributed by atoms with van der Waals surface area (Å²) in [5.41, 5.74) is 8.33. The summed E-state index contributed by atoms with van der Waals surface area (Å²) in [5.74, 6) is -0.543. The van der Waals surface area contributed by atoms with Crippen LogP contribution >= 0.6 is 11.6 Å². The van der Waals surface area contributed by atoms with Crippen molar-refractivity contribution in [2.24, 2.45) is 5.73 Å². The van der Waals surface area contributed by atoms with E-state index in [1.807, 2.05) is 24.3 Å². The Morgan fingerprint density at radius 3 is 2.71 bits per heavy atom. The predicted octanol–water partition coefficient (Wildman–Crippen LogP) is 2.07. The Morgan fingerprint density at radius 2 is 2.00 bits per heavy atom. The van der Waals surface area contributed by atoms with E-state index in [-0.39, 0.29) is 5.03 Å². The van der Waals surface area contributed by atoms with Crippen molar-refractivity contribution in [1.29, 1.82) is 0 Å². The molecule has 72 valence electrons. The number of rotatable bonds is 1. The fourth-order valence-electron chi connectivity index (χ4n) is 1.80. The number of hydrogen-bond acceptors (Lipinski definition) is 1. The van der Waals surface area contributed by atoms with Gasteiger partial charge in [-0.05, 0) is 29.5 Å². The molecule has 3 heteroatoms. The molecular weight excluding hydrogens is 198 g/mol. The molecule has 0 radical (unpaired) electrons. The molecule has 0 atom stereocenters. The lowest BCUT2D eigenvalue weighted by molar-refractivity contribution is -0.113. The topological polar surface area (TPSA) is 43.1 Å². The van der Waals surface area contributed by atoms with Crippen LogP contribution < -0.4 is 5.73 Å². The fourth-order valence-corrected chi connectivity index (χ4v) is 2.00. The van der Waals surface area contributed by atoms with Crippen LogP contribution in [0.5, 0.6) is 0 Å². The van der Waals surface area contributed by atoms with Crippen LogP contribution in [0.2, 0.25) is 0 Å². The van der Waals surface area contributed by atoms with Crippen LogP contribution in [0.15, 0.2) is 29.3 Å². The largest absolute Gasteiger partial charge is 0.365 e. The monoisotopic (exact) mass is 207 g/mol. The maximum Gasteiger partial charge on any atom is 0.260 e. The molecule has 1 aliphatic carbocycles. The summed E-state index contributed by atoms with van der Waals surface area (Å²) in [5, 5.41) is 0.176. The summed E-state index contributed by atoms with van der Waals surface area (Å²) in [7, 11) is 0. The SMILES string of the molecule is NC(=O)C(Cl)=C1CCc2ccccc21. The lowest BCUT2D eigenvalue weighted by Gasteiger charge is -2.01. The van der Waals surface area contributed by atoms with Gasteiger partial charge < -0.3 is 5.73 Å². The van der Waals surface area contributed by atoms with Crippen LogP contribution in [0, 0.1) is 0 Å². The van der Waals surface area contributed by atoms with Gasteiger partial charge >= 0.3 is 0 Å². The first-order chi connectivity index (χ1) is 6.70. The van der Waals surface area contributed by atoms with Crippen molar-refractivity contribution < 1.29 is 4.79 Å². The van der Waals surface area contributed by atoms with E-state index in [1.165, 1.54) is 5.56 Å². The Labute approximate surface area is 87.4 Å². The van der Waals surface area contributed by atoms with Gasteiger partial charge in [-0.15, -0.1) is 0 Å². The highest BCUT2D eigenvalue weighted by molar-refractivity contribution is 6.45. The van der Waals surface area contributed by atoms with Crippen LogP contribution in [-0.2, 0) is 11.2 Å². The first-order valence-electron chi connectivity index (χ1n) is 4.47. The van der Waals surface area contributed by atoms with E-state index >= 15 is 0 Å². The number of carbonyl (C=O) groups excluding carboxylic acids is 1. The van der Waals surface area contributed by atoms with E-state index in [9.17, 15) is 4.79 Å². The maximum absolute atomic E-state index is 10.9. The molecule has 0 saturated carbocycles. The summed E-state index contributed by atoms with van der Waals surface area (Å²) < 4.78 is 0. The summed E-state index contributed by atoms with van der Waals surface area (Å²) in [6.07, 6.45) is 1.75. The van der Waals surface area contributed by atoms with Crippen molar-refractivity contribution >= 4 is 23.1 Å². The molecule has 0 aliphatic heterocycles. The van der Waals surface area contributed by atoms with Crippen molar-refractivity contribution in [2.75, 3.05) is 0 Å². The average Bonchev–Trinajstić information content (AvgIpc) is 2.60. The number of aryl methyl sites for hydroxylation is 1. The van der Waals surface area contributed by atoms with Crippen LogP contribution in [0.25, 0.3) is 5.57 Å². The van der Waals surface area contributed by atoms with Gasteiger partial charge in [0.15, 0.2) is 0 Å². The third kappa shape index (κ3) is 1.42. The smallest absolute Gasteiger partial charge is 0.260 e. The molecule has 2 nitrogen and oxygen atoms in total. The minimum absolute atomic E-state index is 0.176. The second-order valence-electron chi connectivity index (χ2n) is 3.31. The van der Waals surface area contributed by atoms with E-state index in [4.69, 9.17) is 17.3 Å². The van der Waals surface area contributed by atoms with Crippen LogP contribution in [0.3, 0.4) is 0 Å². The molecule has 0 spiro atoms. The van der Waals surface area contributed by atoms with Gasteiger partial charge in [0.05, 0.1) is 0 Å². The Hall–Kier alpha value is -1.28. The molecule has 1 aromatic rings. The molecule has 1 amide bonds. The predicted molar refractivity (Wildman–Crippen MR) is 56.7 cm³/mol. The van der Waals surface area contributed by atoms with Gasteiger partial charge in [-0.2, -0.15) is 0 Å². The number of primary amides is 1. The number of nitrogens with two attached hydrogens (primary N) is 1. The molecule has 0 unspecified atom stereocenters.